The minimum Gasteiger partial charge on any atom is -0.385 e. The van der Waals surface area contributed by atoms with Crippen molar-refractivity contribution < 1.29 is 4.74 Å². The molecule has 5 nitrogen and oxygen atoms in total. The van der Waals surface area contributed by atoms with Crippen LogP contribution in [0.25, 0.3) is 0 Å². The van der Waals surface area contributed by atoms with Crippen molar-refractivity contribution in [2.75, 3.05) is 53.0 Å². The van der Waals surface area contributed by atoms with Gasteiger partial charge < -0.3 is 20.3 Å². The Balaban J connectivity index is 1.80. The van der Waals surface area contributed by atoms with Gasteiger partial charge in [-0.25, -0.2) is 0 Å². The van der Waals surface area contributed by atoms with Crippen LogP contribution in [-0.2, 0) is 4.74 Å². The van der Waals surface area contributed by atoms with E-state index in [0.29, 0.717) is 5.41 Å². The van der Waals surface area contributed by atoms with Crippen LogP contribution in [0.1, 0.15) is 64.7 Å². The van der Waals surface area contributed by atoms with Gasteiger partial charge in [-0.2, -0.15) is 0 Å². The average Bonchev–Trinajstić information content (AvgIpc) is 2.94. The zero-order valence-corrected chi connectivity index (χ0v) is 16.6. The predicted octanol–water partition coefficient (Wildman–Crippen LogP) is 3.01. The predicted molar refractivity (Wildman–Crippen MR) is 106 cm³/mol. The largest absolute Gasteiger partial charge is 0.385 e. The summed E-state index contributed by atoms with van der Waals surface area (Å²) in [5.41, 5.74) is 0.364. The molecule has 2 fully saturated rings. The van der Waals surface area contributed by atoms with Crippen molar-refractivity contribution >= 4 is 5.96 Å². The number of hydrogen-bond acceptors (Lipinski definition) is 3. The fourth-order valence-electron chi connectivity index (χ4n) is 4.21. The highest BCUT2D eigenvalue weighted by molar-refractivity contribution is 5.79. The molecule has 2 aliphatic rings. The van der Waals surface area contributed by atoms with E-state index in [2.05, 4.69) is 22.5 Å². The zero-order valence-electron chi connectivity index (χ0n) is 16.6. The van der Waals surface area contributed by atoms with Crippen molar-refractivity contribution in [1.29, 1.82) is 0 Å². The molecule has 0 unspecified atom stereocenters. The summed E-state index contributed by atoms with van der Waals surface area (Å²) in [6.07, 6.45) is 11.9. The number of nitrogens with zero attached hydrogens (tertiary/aromatic N) is 2. The number of ether oxygens (including phenoxy) is 1. The number of aliphatic imine (C=N–C) groups is 1. The van der Waals surface area contributed by atoms with Crippen LogP contribution in [-0.4, -0.2) is 63.8 Å². The van der Waals surface area contributed by atoms with Crippen LogP contribution in [0.15, 0.2) is 4.99 Å². The molecule has 2 N–H and O–H groups in total. The number of guanidine groups is 1. The van der Waals surface area contributed by atoms with Crippen molar-refractivity contribution in [3.8, 4) is 0 Å². The maximum atomic E-state index is 5.34. The van der Waals surface area contributed by atoms with E-state index in [4.69, 9.17) is 9.73 Å². The lowest BCUT2D eigenvalue weighted by atomic mass is 9.83. The van der Waals surface area contributed by atoms with Crippen LogP contribution < -0.4 is 10.6 Å². The third-order valence-corrected chi connectivity index (χ3v) is 5.84. The highest BCUT2D eigenvalue weighted by Crippen LogP contribution is 2.41. The SMILES string of the molecule is CCNC(=NCC1(CCOC)CCCC1)NCCN1CCCCCC1. The molecular weight excluding hydrogens is 312 g/mol. The smallest absolute Gasteiger partial charge is 0.191 e. The molecular formula is C20H40N4O. The number of hydrogen-bond donors (Lipinski definition) is 2. The molecule has 25 heavy (non-hydrogen) atoms. The molecule has 1 heterocycles. The monoisotopic (exact) mass is 352 g/mol. The van der Waals surface area contributed by atoms with E-state index >= 15 is 0 Å². The summed E-state index contributed by atoms with van der Waals surface area (Å²) in [5, 5.41) is 6.97. The van der Waals surface area contributed by atoms with Crippen LogP contribution >= 0.6 is 0 Å². The van der Waals surface area contributed by atoms with Crippen LogP contribution in [0.5, 0.6) is 0 Å². The van der Waals surface area contributed by atoms with Crippen molar-refractivity contribution in [3.05, 3.63) is 0 Å². The molecule has 0 atom stereocenters. The van der Waals surface area contributed by atoms with Crippen LogP contribution in [0.4, 0.5) is 0 Å². The van der Waals surface area contributed by atoms with Crippen LogP contribution in [0, 0.1) is 5.41 Å². The second-order valence-corrected chi connectivity index (χ2v) is 7.83. The molecule has 0 aromatic heterocycles. The summed E-state index contributed by atoms with van der Waals surface area (Å²) in [5.74, 6) is 0.987. The van der Waals surface area contributed by atoms with Gasteiger partial charge in [0.05, 0.1) is 0 Å². The number of nitrogens with one attached hydrogen (secondary N) is 2. The van der Waals surface area contributed by atoms with Gasteiger partial charge in [-0.15, -0.1) is 0 Å². The van der Waals surface area contributed by atoms with Gasteiger partial charge in [0.1, 0.15) is 0 Å². The van der Waals surface area contributed by atoms with Gasteiger partial charge in [-0.1, -0.05) is 25.7 Å². The highest BCUT2D eigenvalue weighted by atomic mass is 16.5. The third kappa shape index (κ3) is 7.53. The van der Waals surface area contributed by atoms with Crippen molar-refractivity contribution in [3.63, 3.8) is 0 Å². The molecule has 0 aromatic rings. The fourth-order valence-corrected chi connectivity index (χ4v) is 4.21. The molecule has 0 aromatic carbocycles. The first-order chi connectivity index (χ1) is 12.3. The lowest BCUT2D eigenvalue weighted by Crippen LogP contribution is -2.42. The molecule has 5 heteroatoms. The van der Waals surface area contributed by atoms with Crippen LogP contribution in [0.3, 0.4) is 0 Å². The normalized spacial score (nSPS) is 21.9. The number of rotatable bonds is 9. The zero-order chi connectivity index (χ0) is 17.8. The van der Waals surface area contributed by atoms with Crippen molar-refractivity contribution in [2.45, 2.75) is 64.7 Å². The minimum atomic E-state index is 0.364. The summed E-state index contributed by atoms with van der Waals surface area (Å²) < 4.78 is 5.34. The first-order valence-corrected chi connectivity index (χ1v) is 10.5. The Morgan fingerprint density at radius 1 is 1.04 bits per heavy atom. The Bertz CT molecular complexity index is 372. The van der Waals surface area contributed by atoms with Crippen LogP contribution in [0.2, 0.25) is 0 Å². The third-order valence-electron chi connectivity index (χ3n) is 5.84. The molecule has 0 amide bonds. The Labute approximate surface area is 155 Å². The Hall–Kier alpha value is -0.810. The molecule has 0 radical (unpaired) electrons. The number of likely N-dealkylation sites (tertiary alicyclic amines) is 1. The summed E-state index contributed by atoms with van der Waals surface area (Å²) >= 11 is 0. The van der Waals surface area contributed by atoms with Gasteiger partial charge in [0.2, 0.25) is 0 Å². The van der Waals surface area contributed by atoms with Gasteiger partial charge in [0.15, 0.2) is 5.96 Å². The summed E-state index contributed by atoms with van der Waals surface area (Å²) in [6.45, 7) is 9.47. The van der Waals surface area contributed by atoms with E-state index in [1.165, 1.54) is 64.5 Å². The molecule has 1 saturated heterocycles. The summed E-state index contributed by atoms with van der Waals surface area (Å²) in [4.78, 5) is 7.54. The van der Waals surface area contributed by atoms with E-state index in [-0.39, 0.29) is 0 Å². The van der Waals surface area contributed by atoms with Gasteiger partial charge in [-0.3, -0.25) is 4.99 Å². The van der Waals surface area contributed by atoms with Gasteiger partial charge in [0.25, 0.3) is 0 Å². The molecule has 1 aliphatic heterocycles. The Morgan fingerprint density at radius 3 is 2.40 bits per heavy atom. The van der Waals surface area contributed by atoms with E-state index in [9.17, 15) is 0 Å². The van der Waals surface area contributed by atoms with E-state index in [1.54, 1.807) is 7.11 Å². The Morgan fingerprint density at radius 2 is 1.76 bits per heavy atom. The maximum absolute atomic E-state index is 5.34. The highest BCUT2D eigenvalue weighted by Gasteiger charge is 2.33. The lowest BCUT2D eigenvalue weighted by Gasteiger charge is -2.27. The second kappa shape index (κ2) is 11.7. The van der Waals surface area contributed by atoms with Gasteiger partial charge >= 0.3 is 0 Å². The molecule has 146 valence electrons. The van der Waals surface area contributed by atoms with E-state index < -0.39 is 0 Å². The maximum Gasteiger partial charge on any atom is 0.191 e. The minimum absolute atomic E-state index is 0.364. The number of methoxy groups -OCH3 is 1. The standard InChI is InChI=1S/C20H40N4O/c1-3-21-19(22-13-16-24-14-8-4-5-9-15-24)23-18-20(12-17-25-2)10-6-7-11-20/h3-18H2,1-2H3,(H2,21,22,23). The van der Waals surface area contributed by atoms with Gasteiger partial charge in [-0.05, 0) is 57.5 Å². The average molecular weight is 353 g/mol. The van der Waals surface area contributed by atoms with Crippen molar-refractivity contribution in [2.24, 2.45) is 10.4 Å². The van der Waals surface area contributed by atoms with Crippen molar-refractivity contribution in [1.82, 2.24) is 15.5 Å². The lowest BCUT2D eigenvalue weighted by molar-refractivity contribution is 0.141. The van der Waals surface area contributed by atoms with E-state index in [1.807, 2.05) is 0 Å². The Kier molecular flexibility index (Phi) is 9.63. The fraction of sp³-hybridized carbons (Fsp3) is 0.950. The molecule has 2 rings (SSSR count). The molecule has 0 bridgehead atoms. The van der Waals surface area contributed by atoms with E-state index in [0.717, 1.165) is 45.2 Å². The topological polar surface area (TPSA) is 48.9 Å². The first-order valence-electron chi connectivity index (χ1n) is 10.5. The second-order valence-electron chi connectivity index (χ2n) is 7.83. The quantitative estimate of drug-likeness (QED) is 0.495. The summed E-state index contributed by atoms with van der Waals surface area (Å²) in [6, 6.07) is 0. The summed E-state index contributed by atoms with van der Waals surface area (Å²) in [7, 11) is 1.81. The first kappa shape index (κ1) is 20.5. The molecule has 0 spiro atoms. The van der Waals surface area contributed by atoms with Gasteiger partial charge in [0, 0.05) is 39.9 Å². The molecule has 1 saturated carbocycles. The molecule has 1 aliphatic carbocycles.